The predicted octanol–water partition coefficient (Wildman–Crippen LogP) is 3.77. The molecule has 0 saturated carbocycles. The molecule has 142 valence electrons. The van der Waals surface area contributed by atoms with Crippen LogP contribution >= 0.6 is 35.8 Å². The number of nitrogens with one attached hydrogen (secondary N) is 1. The summed E-state index contributed by atoms with van der Waals surface area (Å²) in [6.45, 7) is 6.06. The standard InChI is InChI=1S/C18H22ClN3O2S.ClH/c1-12-15(13(2)24-21-12)10-25-11-18(23)22-8-7-20-9-17(22)14-5-3-4-6-16(14)19;/h3-6,17,20H,7-11H2,1-2H3;1H. The molecule has 1 fully saturated rings. The molecule has 8 heteroatoms. The van der Waals surface area contributed by atoms with Crippen molar-refractivity contribution < 1.29 is 9.32 Å². The summed E-state index contributed by atoms with van der Waals surface area (Å²) in [5.74, 6) is 2.14. The van der Waals surface area contributed by atoms with Crippen LogP contribution in [0.5, 0.6) is 0 Å². The summed E-state index contributed by atoms with van der Waals surface area (Å²) in [6, 6.07) is 7.73. The Morgan fingerprint density at radius 2 is 2.19 bits per heavy atom. The van der Waals surface area contributed by atoms with Crippen LogP contribution in [0.25, 0.3) is 0 Å². The Bertz CT molecular complexity index is 734. The van der Waals surface area contributed by atoms with Gasteiger partial charge in [0.25, 0.3) is 0 Å². The van der Waals surface area contributed by atoms with Crippen molar-refractivity contribution in [3.63, 3.8) is 0 Å². The molecule has 1 unspecified atom stereocenters. The van der Waals surface area contributed by atoms with Crippen LogP contribution in [0.15, 0.2) is 28.8 Å². The number of amides is 1. The molecule has 1 atom stereocenters. The Kier molecular flexibility index (Phi) is 7.83. The van der Waals surface area contributed by atoms with Crippen molar-refractivity contribution in [2.45, 2.75) is 25.6 Å². The summed E-state index contributed by atoms with van der Waals surface area (Å²) in [5, 5.41) is 8.02. The maximum Gasteiger partial charge on any atom is 0.233 e. The Morgan fingerprint density at radius 3 is 2.88 bits per heavy atom. The third-order valence-electron chi connectivity index (χ3n) is 4.48. The van der Waals surface area contributed by atoms with Gasteiger partial charge in [-0.05, 0) is 25.5 Å². The van der Waals surface area contributed by atoms with Crippen LogP contribution in [-0.4, -0.2) is 41.4 Å². The SMILES string of the molecule is Cc1noc(C)c1CSCC(=O)N1CCNCC1c1ccccc1Cl.Cl. The van der Waals surface area contributed by atoms with E-state index in [-0.39, 0.29) is 24.4 Å². The van der Waals surface area contributed by atoms with Gasteiger partial charge in [0.2, 0.25) is 5.91 Å². The zero-order valence-electron chi connectivity index (χ0n) is 14.8. The topological polar surface area (TPSA) is 58.4 Å². The molecule has 26 heavy (non-hydrogen) atoms. The van der Waals surface area contributed by atoms with Crippen molar-refractivity contribution in [1.82, 2.24) is 15.4 Å². The number of rotatable bonds is 5. The van der Waals surface area contributed by atoms with Gasteiger partial charge in [-0.3, -0.25) is 4.79 Å². The van der Waals surface area contributed by atoms with E-state index >= 15 is 0 Å². The summed E-state index contributed by atoms with van der Waals surface area (Å²) >= 11 is 7.94. The number of benzene rings is 1. The first-order valence-electron chi connectivity index (χ1n) is 8.32. The molecule has 1 aliphatic heterocycles. The number of hydrogen-bond donors (Lipinski definition) is 1. The average molecular weight is 416 g/mol. The molecule has 1 amide bonds. The van der Waals surface area contributed by atoms with Gasteiger partial charge in [-0.15, -0.1) is 24.2 Å². The lowest BCUT2D eigenvalue weighted by molar-refractivity contribution is -0.131. The maximum absolute atomic E-state index is 12.8. The number of piperazine rings is 1. The number of aromatic nitrogens is 1. The molecular weight excluding hydrogens is 393 g/mol. The van der Waals surface area contributed by atoms with Crippen molar-refractivity contribution in [3.8, 4) is 0 Å². The van der Waals surface area contributed by atoms with E-state index in [1.165, 1.54) is 0 Å². The average Bonchev–Trinajstić information content (AvgIpc) is 2.94. The van der Waals surface area contributed by atoms with Gasteiger partial charge in [-0.1, -0.05) is 35.0 Å². The smallest absolute Gasteiger partial charge is 0.233 e. The van der Waals surface area contributed by atoms with Crippen molar-refractivity contribution in [2.75, 3.05) is 25.4 Å². The highest BCUT2D eigenvalue weighted by Crippen LogP contribution is 2.29. The zero-order valence-corrected chi connectivity index (χ0v) is 17.2. The lowest BCUT2D eigenvalue weighted by atomic mass is 10.0. The van der Waals surface area contributed by atoms with E-state index in [0.717, 1.165) is 41.4 Å². The summed E-state index contributed by atoms with van der Waals surface area (Å²) in [5.41, 5.74) is 2.98. The minimum Gasteiger partial charge on any atom is -0.361 e. The molecule has 5 nitrogen and oxygen atoms in total. The number of halogens is 2. The molecular formula is C18H23Cl2N3O2S. The molecule has 3 rings (SSSR count). The molecule has 1 aliphatic rings. The van der Waals surface area contributed by atoms with Crippen LogP contribution < -0.4 is 5.32 Å². The molecule has 0 aliphatic carbocycles. The van der Waals surface area contributed by atoms with E-state index < -0.39 is 0 Å². The Hall–Kier alpha value is -1.21. The summed E-state index contributed by atoms with van der Waals surface area (Å²) < 4.78 is 5.18. The minimum atomic E-state index is -0.0189. The lowest BCUT2D eigenvalue weighted by Crippen LogP contribution is -2.49. The summed E-state index contributed by atoms with van der Waals surface area (Å²) in [7, 11) is 0. The molecule has 2 heterocycles. The van der Waals surface area contributed by atoms with Crippen LogP contribution in [0.1, 0.15) is 28.6 Å². The highest BCUT2D eigenvalue weighted by atomic mass is 35.5. The van der Waals surface area contributed by atoms with E-state index in [9.17, 15) is 4.79 Å². The number of hydrogen-bond acceptors (Lipinski definition) is 5. The minimum absolute atomic E-state index is 0. The molecule has 1 aromatic carbocycles. The van der Waals surface area contributed by atoms with E-state index in [2.05, 4.69) is 10.5 Å². The Morgan fingerprint density at radius 1 is 1.42 bits per heavy atom. The number of carbonyl (C=O) groups excluding carboxylic acids is 1. The fourth-order valence-corrected chi connectivity index (χ4v) is 4.38. The molecule has 0 radical (unpaired) electrons. The first kappa shape index (κ1) is 21.1. The van der Waals surface area contributed by atoms with E-state index in [4.69, 9.17) is 16.1 Å². The van der Waals surface area contributed by atoms with Gasteiger partial charge in [-0.25, -0.2) is 0 Å². The zero-order chi connectivity index (χ0) is 17.8. The number of carbonyl (C=O) groups is 1. The molecule has 1 N–H and O–H groups in total. The first-order valence-corrected chi connectivity index (χ1v) is 9.85. The van der Waals surface area contributed by atoms with E-state index in [0.29, 0.717) is 17.3 Å². The van der Waals surface area contributed by atoms with Crippen molar-refractivity contribution >= 4 is 41.7 Å². The monoisotopic (exact) mass is 415 g/mol. The second-order valence-corrected chi connectivity index (χ2v) is 7.52. The lowest BCUT2D eigenvalue weighted by Gasteiger charge is -2.37. The Balaban J connectivity index is 0.00000243. The summed E-state index contributed by atoms with van der Waals surface area (Å²) in [6.07, 6.45) is 0. The van der Waals surface area contributed by atoms with Gasteiger partial charge in [0.05, 0.1) is 17.5 Å². The van der Waals surface area contributed by atoms with Gasteiger partial charge < -0.3 is 14.7 Å². The molecule has 0 spiro atoms. The second-order valence-electron chi connectivity index (χ2n) is 6.12. The van der Waals surface area contributed by atoms with Gasteiger partial charge in [0.15, 0.2) is 0 Å². The van der Waals surface area contributed by atoms with Gasteiger partial charge in [0.1, 0.15) is 5.76 Å². The van der Waals surface area contributed by atoms with E-state index in [1.54, 1.807) is 11.8 Å². The largest absolute Gasteiger partial charge is 0.361 e. The summed E-state index contributed by atoms with van der Waals surface area (Å²) in [4.78, 5) is 14.7. The maximum atomic E-state index is 12.8. The third kappa shape index (κ3) is 4.74. The van der Waals surface area contributed by atoms with Crippen LogP contribution in [0.2, 0.25) is 5.02 Å². The Labute approximate surface area is 169 Å². The molecule has 2 aromatic rings. The van der Waals surface area contributed by atoms with Crippen LogP contribution in [0, 0.1) is 13.8 Å². The molecule has 1 saturated heterocycles. The van der Waals surface area contributed by atoms with Crippen molar-refractivity contribution in [1.29, 1.82) is 0 Å². The normalized spacial score (nSPS) is 17.0. The first-order chi connectivity index (χ1) is 12.1. The fraction of sp³-hybridized carbons (Fsp3) is 0.444. The highest BCUT2D eigenvalue weighted by Gasteiger charge is 2.29. The quantitative estimate of drug-likeness (QED) is 0.804. The highest BCUT2D eigenvalue weighted by molar-refractivity contribution is 7.99. The fourth-order valence-electron chi connectivity index (χ4n) is 3.06. The van der Waals surface area contributed by atoms with Gasteiger partial charge in [0, 0.05) is 36.0 Å². The number of aryl methyl sites for hydroxylation is 2. The van der Waals surface area contributed by atoms with Gasteiger partial charge in [-0.2, -0.15) is 0 Å². The van der Waals surface area contributed by atoms with Crippen LogP contribution in [0.4, 0.5) is 0 Å². The van der Waals surface area contributed by atoms with Crippen LogP contribution in [0.3, 0.4) is 0 Å². The third-order valence-corrected chi connectivity index (χ3v) is 5.77. The molecule has 0 bridgehead atoms. The van der Waals surface area contributed by atoms with Crippen LogP contribution in [-0.2, 0) is 10.5 Å². The van der Waals surface area contributed by atoms with Crippen molar-refractivity contribution in [3.05, 3.63) is 51.9 Å². The van der Waals surface area contributed by atoms with E-state index in [1.807, 2.05) is 43.0 Å². The number of thioether (sulfide) groups is 1. The molecule has 1 aromatic heterocycles. The number of nitrogens with zero attached hydrogens (tertiary/aromatic N) is 2. The van der Waals surface area contributed by atoms with Gasteiger partial charge >= 0.3 is 0 Å². The van der Waals surface area contributed by atoms with Crippen molar-refractivity contribution in [2.24, 2.45) is 0 Å². The second kappa shape index (κ2) is 9.65. The predicted molar refractivity (Wildman–Crippen MR) is 108 cm³/mol.